The number of nitrogens with zero attached hydrogens (tertiary/aromatic N) is 1. The Bertz CT molecular complexity index is 397. The first-order valence-electron chi connectivity index (χ1n) is 4.52. The van der Waals surface area contributed by atoms with E-state index in [4.69, 9.17) is 0 Å². The van der Waals surface area contributed by atoms with Gasteiger partial charge in [-0.3, -0.25) is 0 Å². The van der Waals surface area contributed by atoms with Crippen LogP contribution in [0.1, 0.15) is 21.7 Å². The zero-order valence-corrected chi connectivity index (χ0v) is 9.24. The molecule has 0 spiro atoms. The highest BCUT2D eigenvalue weighted by Gasteiger charge is 2.29. The van der Waals surface area contributed by atoms with Crippen molar-refractivity contribution in [3.05, 3.63) is 17.0 Å². The van der Waals surface area contributed by atoms with Gasteiger partial charge in [-0.05, 0) is 13.8 Å². The molecular weight excluding hydrogens is 197 g/mol. The number of aromatic nitrogens is 1. The molecule has 0 aliphatic carbocycles. The summed E-state index contributed by atoms with van der Waals surface area (Å²) in [7, 11) is 1.35. The second-order valence-corrected chi connectivity index (χ2v) is 3.38. The van der Waals surface area contributed by atoms with E-state index in [9.17, 15) is 14.8 Å². The number of hydrogen-bond donors (Lipinski definition) is 2. The van der Waals surface area contributed by atoms with Crippen molar-refractivity contribution >= 4 is 18.6 Å². The van der Waals surface area contributed by atoms with E-state index in [0.717, 1.165) is 0 Å². The maximum atomic E-state index is 11.5. The highest BCUT2D eigenvalue weighted by molar-refractivity contribution is 6.61. The van der Waals surface area contributed by atoms with E-state index in [2.05, 4.69) is 4.74 Å². The molecule has 0 aromatic carbocycles. The number of rotatable bonds is 2. The van der Waals surface area contributed by atoms with Crippen LogP contribution in [0.2, 0.25) is 0 Å². The fourth-order valence-electron chi connectivity index (χ4n) is 1.65. The molecule has 1 aromatic rings. The third kappa shape index (κ3) is 1.78. The molecule has 15 heavy (non-hydrogen) atoms. The van der Waals surface area contributed by atoms with E-state index >= 15 is 0 Å². The SMILES string of the molecule is COC(=O)c1c(B(O)O)c(C)n(C)c1C. The Labute approximate surface area is 88.4 Å². The summed E-state index contributed by atoms with van der Waals surface area (Å²) in [6.45, 7) is 3.44. The van der Waals surface area contributed by atoms with E-state index in [1.165, 1.54) is 7.11 Å². The number of ether oxygens (including phenoxy) is 1. The van der Waals surface area contributed by atoms with Gasteiger partial charge in [-0.15, -0.1) is 0 Å². The lowest BCUT2D eigenvalue weighted by Gasteiger charge is -2.02. The molecule has 1 heterocycles. The van der Waals surface area contributed by atoms with Crippen molar-refractivity contribution < 1.29 is 19.6 Å². The molecule has 0 fully saturated rings. The number of carbonyl (C=O) groups excluding carboxylic acids is 1. The van der Waals surface area contributed by atoms with Gasteiger partial charge in [0.05, 0.1) is 12.7 Å². The molecular formula is C9H14BNO4. The van der Waals surface area contributed by atoms with Gasteiger partial charge in [0.15, 0.2) is 0 Å². The summed E-state index contributed by atoms with van der Waals surface area (Å²) >= 11 is 0. The molecule has 0 saturated heterocycles. The van der Waals surface area contributed by atoms with Crippen LogP contribution in [0.3, 0.4) is 0 Å². The first-order valence-corrected chi connectivity index (χ1v) is 4.52. The van der Waals surface area contributed by atoms with Crippen molar-refractivity contribution in [1.29, 1.82) is 0 Å². The summed E-state index contributed by atoms with van der Waals surface area (Å²) in [5, 5.41) is 18.4. The lowest BCUT2D eigenvalue weighted by atomic mass is 9.77. The number of methoxy groups -OCH3 is 1. The van der Waals surface area contributed by atoms with Gasteiger partial charge in [0.1, 0.15) is 0 Å². The average Bonchev–Trinajstić information content (AvgIpc) is 2.41. The van der Waals surface area contributed by atoms with Crippen molar-refractivity contribution in [3.8, 4) is 0 Å². The third-order valence-electron chi connectivity index (χ3n) is 2.67. The molecule has 0 saturated carbocycles. The minimum atomic E-state index is -1.67. The summed E-state index contributed by atoms with van der Waals surface area (Å²) in [6.07, 6.45) is 0. The standard InChI is InChI=1S/C9H14BNO4/c1-5-7(9(12)15-4)8(10(13)14)6(2)11(5)3/h13-14H,1-4H3. The first-order chi connectivity index (χ1) is 6.91. The molecule has 2 N–H and O–H groups in total. The van der Waals surface area contributed by atoms with Gasteiger partial charge in [0.2, 0.25) is 0 Å². The van der Waals surface area contributed by atoms with Gasteiger partial charge < -0.3 is 19.4 Å². The highest BCUT2D eigenvalue weighted by Crippen LogP contribution is 2.12. The lowest BCUT2D eigenvalue weighted by Crippen LogP contribution is -2.35. The van der Waals surface area contributed by atoms with Crippen molar-refractivity contribution in [2.24, 2.45) is 7.05 Å². The van der Waals surface area contributed by atoms with Gasteiger partial charge in [0.25, 0.3) is 0 Å². The molecule has 5 nitrogen and oxygen atoms in total. The predicted octanol–water partition coefficient (Wildman–Crippen LogP) is -0.892. The minimum Gasteiger partial charge on any atom is -0.465 e. The second kappa shape index (κ2) is 4.08. The van der Waals surface area contributed by atoms with Crippen LogP contribution in [0.25, 0.3) is 0 Å². The number of hydrogen-bond acceptors (Lipinski definition) is 4. The van der Waals surface area contributed by atoms with Crippen LogP contribution in [0.15, 0.2) is 0 Å². The number of carbonyl (C=O) groups is 1. The first kappa shape index (κ1) is 11.8. The quantitative estimate of drug-likeness (QED) is 0.491. The smallest absolute Gasteiger partial charge is 0.465 e. The number of esters is 1. The molecule has 6 heteroatoms. The van der Waals surface area contributed by atoms with Crippen LogP contribution in [0.5, 0.6) is 0 Å². The molecule has 0 atom stereocenters. The van der Waals surface area contributed by atoms with Crippen LogP contribution in [0.4, 0.5) is 0 Å². The van der Waals surface area contributed by atoms with Gasteiger partial charge >= 0.3 is 13.1 Å². The van der Waals surface area contributed by atoms with E-state index in [-0.39, 0.29) is 11.0 Å². The molecule has 1 aromatic heterocycles. The summed E-state index contributed by atoms with van der Waals surface area (Å²) in [5.74, 6) is -0.556. The fourth-order valence-corrected chi connectivity index (χ4v) is 1.65. The van der Waals surface area contributed by atoms with Crippen molar-refractivity contribution in [3.63, 3.8) is 0 Å². The van der Waals surface area contributed by atoms with Crippen molar-refractivity contribution in [2.45, 2.75) is 13.8 Å². The monoisotopic (exact) mass is 211 g/mol. The average molecular weight is 211 g/mol. The normalized spacial score (nSPS) is 10.3. The second-order valence-electron chi connectivity index (χ2n) is 3.38. The predicted molar refractivity (Wildman–Crippen MR) is 56.1 cm³/mol. The van der Waals surface area contributed by atoms with Crippen molar-refractivity contribution in [1.82, 2.24) is 4.57 Å². The summed E-state index contributed by atoms with van der Waals surface area (Å²) in [4.78, 5) is 11.5. The van der Waals surface area contributed by atoms with Crippen molar-refractivity contribution in [2.75, 3.05) is 7.11 Å². The Kier molecular flexibility index (Phi) is 3.21. The van der Waals surface area contributed by atoms with Gasteiger partial charge in [-0.1, -0.05) is 0 Å². The highest BCUT2D eigenvalue weighted by atomic mass is 16.5. The molecule has 0 aliphatic heterocycles. The van der Waals surface area contributed by atoms with Crippen LogP contribution < -0.4 is 5.46 Å². The largest absolute Gasteiger partial charge is 0.491 e. The van der Waals surface area contributed by atoms with Gasteiger partial charge in [-0.25, -0.2) is 4.79 Å². The molecule has 1 rings (SSSR count). The topological polar surface area (TPSA) is 71.7 Å². The van der Waals surface area contributed by atoms with E-state index in [1.54, 1.807) is 25.5 Å². The Morgan fingerprint density at radius 1 is 1.33 bits per heavy atom. The fraction of sp³-hybridized carbons (Fsp3) is 0.444. The maximum absolute atomic E-state index is 11.5. The Morgan fingerprint density at radius 2 is 1.87 bits per heavy atom. The van der Waals surface area contributed by atoms with E-state index in [1.807, 2.05) is 0 Å². The summed E-state index contributed by atoms with van der Waals surface area (Å²) in [6, 6.07) is 0. The van der Waals surface area contributed by atoms with Gasteiger partial charge in [-0.2, -0.15) is 0 Å². The van der Waals surface area contributed by atoms with E-state index < -0.39 is 13.1 Å². The van der Waals surface area contributed by atoms with Crippen LogP contribution >= 0.6 is 0 Å². The molecule has 0 amide bonds. The molecule has 0 unspecified atom stereocenters. The molecule has 0 radical (unpaired) electrons. The Morgan fingerprint density at radius 3 is 2.27 bits per heavy atom. The van der Waals surface area contributed by atoms with Crippen LogP contribution in [-0.2, 0) is 11.8 Å². The summed E-state index contributed by atoms with van der Waals surface area (Å²) in [5.41, 5.74) is 1.74. The maximum Gasteiger partial charge on any atom is 0.491 e. The minimum absolute atomic E-state index is 0.210. The molecule has 0 bridgehead atoms. The summed E-state index contributed by atoms with van der Waals surface area (Å²) < 4.78 is 6.32. The van der Waals surface area contributed by atoms with Crippen LogP contribution in [0, 0.1) is 13.8 Å². The Hall–Kier alpha value is -1.27. The Balaban J connectivity index is 3.48. The lowest BCUT2D eigenvalue weighted by molar-refractivity contribution is 0.0600. The third-order valence-corrected chi connectivity index (χ3v) is 2.67. The molecule has 0 aliphatic rings. The zero-order valence-electron chi connectivity index (χ0n) is 9.24. The van der Waals surface area contributed by atoms with E-state index in [0.29, 0.717) is 11.4 Å². The zero-order chi connectivity index (χ0) is 11.7. The van der Waals surface area contributed by atoms with Gasteiger partial charge in [0, 0.05) is 23.9 Å². The molecule has 82 valence electrons. The van der Waals surface area contributed by atoms with Crippen LogP contribution in [-0.4, -0.2) is 34.8 Å².